The second-order valence-electron chi connectivity index (χ2n) is 5.71. The highest BCUT2D eigenvalue weighted by molar-refractivity contribution is 6.05. The van der Waals surface area contributed by atoms with Crippen LogP contribution < -0.4 is 0 Å². The smallest absolute Gasteiger partial charge is 0.202 e. The summed E-state index contributed by atoms with van der Waals surface area (Å²) in [4.78, 5) is 13.2. The standard InChI is InChI=1S/C21H16O2/c22-19(16-10-4-1-5-11-16)21(18-14-8-3-9-15-18)20(23-21)17-12-6-2-7-13-17/h1-15,20H/t20-,21-/m1/s1. The molecule has 0 aliphatic carbocycles. The molecule has 0 aromatic heterocycles. The Balaban J connectivity index is 1.80. The molecule has 4 rings (SSSR count). The number of ketones is 1. The van der Waals surface area contributed by atoms with Gasteiger partial charge in [-0.25, -0.2) is 0 Å². The molecule has 2 heteroatoms. The van der Waals surface area contributed by atoms with Crippen LogP contribution in [0.4, 0.5) is 0 Å². The number of hydrogen-bond acceptors (Lipinski definition) is 2. The number of epoxide rings is 1. The van der Waals surface area contributed by atoms with Crippen LogP contribution in [0.1, 0.15) is 27.6 Å². The fraction of sp³-hybridized carbons (Fsp3) is 0.0952. The molecule has 1 fully saturated rings. The van der Waals surface area contributed by atoms with Crippen molar-refractivity contribution in [2.45, 2.75) is 11.7 Å². The largest absolute Gasteiger partial charge is 0.347 e. The average molecular weight is 300 g/mol. The van der Waals surface area contributed by atoms with Crippen molar-refractivity contribution in [2.24, 2.45) is 0 Å². The van der Waals surface area contributed by atoms with Gasteiger partial charge in [-0.2, -0.15) is 0 Å². The number of benzene rings is 3. The molecule has 0 spiro atoms. The van der Waals surface area contributed by atoms with E-state index in [2.05, 4.69) is 0 Å². The van der Waals surface area contributed by atoms with E-state index in [0.717, 1.165) is 11.1 Å². The van der Waals surface area contributed by atoms with Gasteiger partial charge in [0.25, 0.3) is 0 Å². The van der Waals surface area contributed by atoms with Crippen molar-refractivity contribution in [3.63, 3.8) is 0 Å². The molecule has 3 aromatic rings. The van der Waals surface area contributed by atoms with E-state index in [1.54, 1.807) is 0 Å². The second-order valence-corrected chi connectivity index (χ2v) is 5.71. The molecule has 0 unspecified atom stereocenters. The number of carbonyl (C=O) groups excluding carboxylic acids is 1. The first-order valence-electron chi connectivity index (χ1n) is 7.70. The molecule has 1 heterocycles. The van der Waals surface area contributed by atoms with E-state index in [4.69, 9.17) is 4.74 Å². The molecule has 2 nitrogen and oxygen atoms in total. The molecule has 1 aliphatic heterocycles. The minimum Gasteiger partial charge on any atom is -0.347 e. The van der Waals surface area contributed by atoms with Crippen LogP contribution in [-0.2, 0) is 10.3 Å². The number of hydrogen-bond donors (Lipinski definition) is 0. The Hall–Kier alpha value is -2.71. The highest BCUT2D eigenvalue weighted by Gasteiger charge is 2.64. The van der Waals surface area contributed by atoms with E-state index in [1.807, 2.05) is 91.0 Å². The molecule has 1 aliphatic rings. The Bertz CT molecular complexity index is 812. The summed E-state index contributed by atoms with van der Waals surface area (Å²) in [5.74, 6) is 0.0122. The fourth-order valence-electron chi connectivity index (χ4n) is 3.10. The topological polar surface area (TPSA) is 29.6 Å². The maximum atomic E-state index is 13.2. The summed E-state index contributed by atoms with van der Waals surface area (Å²) in [5.41, 5.74) is 1.70. The van der Waals surface area contributed by atoms with Crippen LogP contribution in [0.5, 0.6) is 0 Å². The van der Waals surface area contributed by atoms with E-state index in [-0.39, 0.29) is 11.9 Å². The van der Waals surface area contributed by atoms with Gasteiger partial charge in [0.05, 0.1) is 0 Å². The van der Waals surface area contributed by atoms with Gasteiger partial charge in [-0.3, -0.25) is 4.79 Å². The molecule has 112 valence electrons. The third kappa shape index (κ3) is 2.28. The van der Waals surface area contributed by atoms with E-state index in [9.17, 15) is 4.79 Å². The molecular weight excluding hydrogens is 284 g/mol. The Morgan fingerprint density at radius 3 is 1.87 bits per heavy atom. The summed E-state index contributed by atoms with van der Waals surface area (Å²) in [5, 5.41) is 0. The van der Waals surface area contributed by atoms with Gasteiger partial charge in [0.1, 0.15) is 6.10 Å². The summed E-state index contributed by atoms with van der Waals surface area (Å²) in [6.45, 7) is 0. The van der Waals surface area contributed by atoms with Crippen molar-refractivity contribution < 1.29 is 9.53 Å². The monoisotopic (exact) mass is 300 g/mol. The average Bonchev–Trinajstić information content (AvgIpc) is 3.40. The van der Waals surface area contributed by atoms with E-state index in [1.165, 1.54) is 0 Å². The number of Topliss-reactive ketones (excluding diaryl/α,β-unsaturated/α-hetero) is 1. The van der Waals surface area contributed by atoms with Crippen molar-refractivity contribution in [3.05, 3.63) is 108 Å². The second kappa shape index (κ2) is 5.49. The maximum Gasteiger partial charge on any atom is 0.202 e. The van der Waals surface area contributed by atoms with E-state index >= 15 is 0 Å². The molecule has 0 saturated carbocycles. The van der Waals surface area contributed by atoms with Gasteiger partial charge in [-0.05, 0) is 11.1 Å². The van der Waals surface area contributed by atoms with Crippen LogP contribution in [0.25, 0.3) is 0 Å². The zero-order chi connectivity index (χ0) is 15.7. The van der Waals surface area contributed by atoms with Crippen molar-refractivity contribution in [1.29, 1.82) is 0 Å². The Kier molecular flexibility index (Phi) is 3.32. The van der Waals surface area contributed by atoms with Crippen LogP contribution in [0.15, 0.2) is 91.0 Å². The Morgan fingerprint density at radius 2 is 1.26 bits per heavy atom. The molecule has 0 bridgehead atoms. The zero-order valence-corrected chi connectivity index (χ0v) is 12.6. The SMILES string of the molecule is O=C(c1ccccc1)[C@@]1(c2ccccc2)O[C@@H]1c1ccccc1. The Morgan fingerprint density at radius 1 is 0.739 bits per heavy atom. The lowest BCUT2D eigenvalue weighted by atomic mass is 9.85. The lowest BCUT2D eigenvalue weighted by Crippen LogP contribution is -2.23. The normalized spacial score (nSPS) is 22.5. The van der Waals surface area contributed by atoms with Gasteiger partial charge in [0, 0.05) is 5.56 Å². The van der Waals surface area contributed by atoms with Crippen LogP contribution in [-0.4, -0.2) is 5.78 Å². The fourth-order valence-corrected chi connectivity index (χ4v) is 3.10. The summed E-state index contributed by atoms with van der Waals surface area (Å²) >= 11 is 0. The minimum absolute atomic E-state index is 0.0122. The van der Waals surface area contributed by atoms with Gasteiger partial charge in [0.2, 0.25) is 5.78 Å². The Labute approximate surface area is 135 Å². The molecular formula is C21H16O2. The third-order valence-corrected chi connectivity index (χ3v) is 4.29. The van der Waals surface area contributed by atoms with Crippen LogP contribution >= 0.6 is 0 Å². The highest BCUT2D eigenvalue weighted by Crippen LogP contribution is 2.58. The van der Waals surface area contributed by atoms with E-state index < -0.39 is 5.60 Å². The molecule has 0 radical (unpaired) electrons. The predicted octanol–water partition coefficient (Wildman–Crippen LogP) is 4.54. The first-order chi connectivity index (χ1) is 11.3. The minimum atomic E-state index is -0.913. The van der Waals surface area contributed by atoms with Crippen molar-refractivity contribution in [1.82, 2.24) is 0 Å². The summed E-state index contributed by atoms with van der Waals surface area (Å²) < 4.78 is 6.04. The molecule has 0 N–H and O–H groups in total. The van der Waals surface area contributed by atoms with Gasteiger partial charge in [-0.1, -0.05) is 91.0 Å². The summed E-state index contributed by atoms with van der Waals surface area (Å²) in [6, 6.07) is 29.0. The van der Waals surface area contributed by atoms with Gasteiger partial charge in [-0.15, -0.1) is 0 Å². The van der Waals surface area contributed by atoms with Crippen molar-refractivity contribution in [3.8, 4) is 0 Å². The van der Waals surface area contributed by atoms with Crippen LogP contribution in [0.3, 0.4) is 0 Å². The highest BCUT2D eigenvalue weighted by atomic mass is 16.6. The first-order valence-corrected chi connectivity index (χ1v) is 7.70. The number of ether oxygens (including phenoxy) is 1. The number of carbonyl (C=O) groups is 1. The summed E-state index contributed by atoms with van der Waals surface area (Å²) in [7, 11) is 0. The molecule has 0 amide bonds. The van der Waals surface area contributed by atoms with Crippen LogP contribution in [0.2, 0.25) is 0 Å². The lowest BCUT2D eigenvalue weighted by molar-refractivity contribution is 0.0871. The first kappa shape index (κ1) is 13.9. The predicted molar refractivity (Wildman–Crippen MR) is 89.2 cm³/mol. The van der Waals surface area contributed by atoms with Crippen LogP contribution in [0, 0.1) is 0 Å². The number of rotatable bonds is 4. The van der Waals surface area contributed by atoms with Crippen molar-refractivity contribution in [2.75, 3.05) is 0 Å². The molecule has 3 aromatic carbocycles. The van der Waals surface area contributed by atoms with Gasteiger partial charge in [0.15, 0.2) is 5.60 Å². The maximum absolute atomic E-state index is 13.2. The lowest BCUT2D eigenvalue weighted by Gasteiger charge is -2.13. The molecule has 2 atom stereocenters. The third-order valence-electron chi connectivity index (χ3n) is 4.29. The van der Waals surface area contributed by atoms with Crippen molar-refractivity contribution >= 4 is 5.78 Å². The molecule has 1 saturated heterocycles. The van der Waals surface area contributed by atoms with Gasteiger partial charge >= 0.3 is 0 Å². The van der Waals surface area contributed by atoms with Gasteiger partial charge < -0.3 is 4.74 Å². The quantitative estimate of drug-likeness (QED) is 0.523. The zero-order valence-electron chi connectivity index (χ0n) is 12.6. The van der Waals surface area contributed by atoms with E-state index in [0.29, 0.717) is 5.56 Å². The molecule has 23 heavy (non-hydrogen) atoms. The summed E-state index contributed by atoms with van der Waals surface area (Å²) in [6.07, 6.45) is -0.237.